The lowest BCUT2D eigenvalue weighted by Gasteiger charge is -2.07. The lowest BCUT2D eigenvalue weighted by Crippen LogP contribution is -2.21. The van der Waals surface area contributed by atoms with Gasteiger partial charge in [0.2, 0.25) is 5.88 Å². The molecule has 0 atom stereocenters. The minimum absolute atomic E-state index is 0.581. The van der Waals surface area contributed by atoms with Crippen LogP contribution < -0.4 is 10.1 Å². The van der Waals surface area contributed by atoms with Crippen LogP contribution >= 0.6 is 27.5 Å². The van der Waals surface area contributed by atoms with Crippen LogP contribution in [-0.4, -0.2) is 24.7 Å². The summed E-state index contributed by atoms with van der Waals surface area (Å²) in [6.07, 6.45) is 2.70. The fraction of sp³-hybridized carbons (Fsp3) is 0.500. The Morgan fingerprint density at radius 1 is 1.53 bits per heavy atom. The predicted molar refractivity (Wildman–Crippen MR) is 65.6 cm³/mol. The Kier molecular flexibility index (Phi) is 5.98. The number of rotatable bonds is 6. The molecule has 1 aromatic heterocycles. The van der Waals surface area contributed by atoms with Crippen molar-refractivity contribution in [2.24, 2.45) is 0 Å². The number of aromatic nitrogens is 1. The first kappa shape index (κ1) is 12.7. The molecule has 0 aliphatic rings. The van der Waals surface area contributed by atoms with Crippen molar-refractivity contribution in [3.8, 4) is 5.88 Å². The highest BCUT2D eigenvalue weighted by atomic mass is 79.9. The van der Waals surface area contributed by atoms with E-state index < -0.39 is 0 Å². The van der Waals surface area contributed by atoms with Gasteiger partial charge in [0.15, 0.2) is 0 Å². The van der Waals surface area contributed by atoms with Crippen molar-refractivity contribution < 1.29 is 4.74 Å². The summed E-state index contributed by atoms with van der Waals surface area (Å²) in [5.41, 5.74) is 0. The van der Waals surface area contributed by atoms with Crippen molar-refractivity contribution in [3.05, 3.63) is 21.8 Å². The zero-order chi connectivity index (χ0) is 11.1. The molecule has 1 N–H and O–H groups in total. The largest absolute Gasteiger partial charge is 0.476 e. The van der Waals surface area contributed by atoms with Gasteiger partial charge < -0.3 is 10.1 Å². The zero-order valence-electron chi connectivity index (χ0n) is 8.59. The molecule has 5 heteroatoms. The number of ether oxygens (including phenoxy) is 1. The molecule has 15 heavy (non-hydrogen) atoms. The Labute approximate surface area is 103 Å². The van der Waals surface area contributed by atoms with Gasteiger partial charge in [0.1, 0.15) is 6.61 Å². The number of hydrogen-bond acceptors (Lipinski definition) is 3. The third kappa shape index (κ3) is 4.82. The SMILES string of the molecule is CCCNCCOc1ncc(Cl)cc1Br. The molecule has 0 amide bonds. The van der Waals surface area contributed by atoms with Crippen LogP contribution in [0.3, 0.4) is 0 Å². The molecule has 0 radical (unpaired) electrons. The van der Waals surface area contributed by atoms with E-state index in [1.807, 2.05) is 0 Å². The van der Waals surface area contributed by atoms with E-state index in [1.54, 1.807) is 12.3 Å². The second-order valence-corrected chi connectivity index (χ2v) is 4.33. The quantitative estimate of drug-likeness (QED) is 0.819. The van der Waals surface area contributed by atoms with E-state index in [0.29, 0.717) is 17.5 Å². The first-order chi connectivity index (χ1) is 7.24. The Morgan fingerprint density at radius 2 is 2.33 bits per heavy atom. The van der Waals surface area contributed by atoms with E-state index >= 15 is 0 Å². The standard InChI is InChI=1S/C10H14BrClN2O/c1-2-3-13-4-5-15-10-9(11)6-8(12)7-14-10/h6-7,13H,2-5H2,1H3. The van der Waals surface area contributed by atoms with Crippen LogP contribution in [0, 0.1) is 0 Å². The summed E-state index contributed by atoms with van der Waals surface area (Å²) in [4.78, 5) is 4.07. The molecule has 0 fully saturated rings. The summed E-state index contributed by atoms with van der Waals surface area (Å²) in [6, 6.07) is 1.77. The van der Waals surface area contributed by atoms with Crippen LogP contribution in [0.4, 0.5) is 0 Å². The van der Waals surface area contributed by atoms with Gasteiger partial charge in [0.05, 0.1) is 9.50 Å². The number of halogens is 2. The van der Waals surface area contributed by atoms with Crippen LogP contribution in [0.5, 0.6) is 5.88 Å². The molecule has 0 spiro atoms. The zero-order valence-corrected chi connectivity index (χ0v) is 10.9. The normalized spacial score (nSPS) is 10.3. The van der Waals surface area contributed by atoms with E-state index in [0.717, 1.165) is 24.0 Å². The van der Waals surface area contributed by atoms with Gasteiger partial charge in [-0.1, -0.05) is 18.5 Å². The number of hydrogen-bond donors (Lipinski definition) is 1. The highest BCUT2D eigenvalue weighted by Gasteiger charge is 2.02. The summed E-state index contributed by atoms with van der Waals surface area (Å²) >= 11 is 9.10. The van der Waals surface area contributed by atoms with Gasteiger partial charge in [0.25, 0.3) is 0 Å². The van der Waals surface area contributed by atoms with Crippen molar-refractivity contribution >= 4 is 27.5 Å². The molecule has 1 rings (SSSR count). The lowest BCUT2D eigenvalue weighted by molar-refractivity contribution is 0.300. The fourth-order valence-electron chi connectivity index (χ4n) is 1.03. The van der Waals surface area contributed by atoms with E-state index in [4.69, 9.17) is 16.3 Å². The van der Waals surface area contributed by atoms with E-state index in [1.165, 1.54) is 0 Å². The van der Waals surface area contributed by atoms with Crippen molar-refractivity contribution in [1.82, 2.24) is 10.3 Å². The Morgan fingerprint density at radius 3 is 3.00 bits per heavy atom. The van der Waals surface area contributed by atoms with Crippen LogP contribution in [0.1, 0.15) is 13.3 Å². The molecule has 0 saturated heterocycles. The van der Waals surface area contributed by atoms with Crippen LogP contribution in [0.2, 0.25) is 5.02 Å². The Balaban J connectivity index is 2.31. The number of nitrogens with zero attached hydrogens (tertiary/aromatic N) is 1. The third-order valence-corrected chi connectivity index (χ3v) is 2.49. The summed E-state index contributed by atoms with van der Waals surface area (Å²) < 4.78 is 6.24. The van der Waals surface area contributed by atoms with Crippen molar-refractivity contribution in [2.75, 3.05) is 19.7 Å². The molecule has 0 aliphatic heterocycles. The Bertz CT molecular complexity index is 309. The summed E-state index contributed by atoms with van der Waals surface area (Å²) in [5, 5.41) is 3.84. The van der Waals surface area contributed by atoms with Gasteiger partial charge >= 0.3 is 0 Å². The molecule has 0 bridgehead atoms. The maximum absolute atomic E-state index is 5.76. The number of nitrogens with one attached hydrogen (secondary N) is 1. The Hall–Kier alpha value is -0.320. The monoisotopic (exact) mass is 292 g/mol. The first-order valence-corrected chi connectivity index (χ1v) is 6.05. The molecular weight excluding hydrogens is 279 g/mol. The van der Waals surface area contributed by atoms with Crippen molar-refractivity contribution in [2.45, 2.75) is 13.3 Å². The summed E-state index contributed by atoms with van der Waals surface area (Å²) in [5.74, 6) is 0.581. The molecule has 0 saturated carbocycles. The molecule has 0 aromatic carbocycles. The molecule has 84 valence electrons. The van der Waals surface area contributed by atoms with Crippen LogP contribution in [0.25, 0.3) is 0 Å². The predicted octanol–water partition coefficient (Wildman–Crippen LogP) is 2.88. The van der Waals surface area contributed by atoms with Crippen LogP contribution in [-0.2, 0) is 0 Å². The van der Waals surface area contributed by atoms with Crippen LogP contribution in [0.15, 0.2) is 16.7 Å². The average Bonchev–Trinajstić information content (AvgIpc) is 2.20. The first-order valence-electron chi connectivity index (χ1n) is 4.88. The minimum Gasteiger partial charge on any atom is -0.476 e. The molecule has 0 aliphatic carbocycles. The number of pyridine rings is 1. The minimum atomic E-state index is 0.581. The highest BCUT2D eigenvalue weighted by molar-refractivity contribution is 9.10. The highest BCUT2D eigenvalue weighted by Crippen LogP contribution is 2.24. The topological polar surface area (TPSA) is 34.1 Å². The van der Waals surface area contributed by atoms with Gasteiger partial charge in [0, 0.05) is 12.7 Å². The maximum Gasteiger partial charge on any atom is 0.228 e. The molecule has 1 aromatic rings. The fourth-order valence-corrected chi connectivity index (χ4v) is 1.78. The van der Waals surface area contributed by atoms with E-state index in [2.05, 4.69) is 33.2 Å². The third-order valence-electron chi connectivity index (χ3n) is 1.72. The van der Waals surface area contributed by atoms with Crippen molar-refractivity contribution in [3.63, 3.8) is 0 Å². The van der Waals surface area contributed by atoms with E-state index in [9.17, 15) is 0 Å². The maximum atomic E-state index is 5.76. The second kappa shape index (κ2) is 7.04. The summed E-state index contributed by atoms with van der Waals surface area (Å²) in [7, 11) is 0. The van der Waals surface area contributed by atoms with Gasteiger partial charge in [-0.15, -0.1) is 0 Å². The average molecular weight is 294 g/mol. The lowest BCUT2D eigenvalue weighted by atomic mass is 10.5. The molecule has 1 heterocycles. The van der Waals surface area contributed by atoms with Gasteiger partial charge in [-0.2, -0.15) is 0 Å². The molecule has 0 unspecified atom stereocenters. The van der Waals surface area contributed by atoms with E-state index in [-0.39, 0.29) is 0 Å². The van der Waals surface area contributed by atoms with Gasteiger partial charge in [-0.25, -0.2) is 4.98 Å². The smallest absolute Gasteiger partial charge is 0.228 e. The van der Waals surface area contributed by atoms with Gasteiger partial charge in [-0.05, 0) is 35.0 Å². The summed E-state index contributed by atoms with van der Waals surface area (Å²) in [6.45, 7) is 4.57. The van der Waals surface area contributed by atoms with Crippen molar-refractivity contribution in [1.29, 1.82) is 0 Å². The molecular formula is C10H14BrClN2O. The second-order valence-electron chi connectivity index (χ2n) is 3.04. The van der Waals surface area contributed by atoms with Gasteiger partial charge in [-0.3, -0.25) is 0 Å². The molecule has 3 nitrogen and oxygen atoms in total.